The minimum atomic E-state index is 0.0863. The normalized spacial score (nSPS) is 14.8. The average Bonchev–Trinajstić information content (AvgIpc) is 3.12. The van der Waals surface area contributed by atoms with Gasteiger partial charge in [0, 0.05) is 35.5 Å². The molecule has 21 heavy (non-hydrogen) atoms. The zero-order valence-corrected chi connectivity index (χ0v) is 13.5. The van der Waals surface area contributed by atoms with Crippen LogP contribution in [0.5, 0.6) is 0 Å². The van der Waals surface area contributed by atoms with Crippen molar-refractivity contribution >= 4 is 17.2 Å². The molecule has 1 amide bonds. The van der Waals surface area contributed by atoms with Crippen molar-refractivity contribution in [1.82, 2.24) is 10.2 Å². The predicted molar refractivity (Wildman–Crippen MR) is 86.6 cm³/mol. The van der Waals surface area contributed by atoms with Crippen molar-refractivity contribution in [3.8, 4) is 0 Å². The van der Waals surface area contributed by atoms with Crippen LogP contribution in [-0.4, -0.2) is 17.9 Å². The van der Waals surface area contributed by atoms with Crippen LogP contribution >= 0.6 is 11.3 Å². The Kier molecular flexibility index (Phi) is 3.83. The number of carbonyl (C=O) groups is 1. The molecule has 1 unspecified atom stereocenters. The number of hydrogen-bond donors (Lipinski definition) is 1. The van der Waals surface area contributed by atoms with Crippen molar-refractivity contribution in [3.05, 3.63) is 56.8 Å². The quantitative estimate of drug-likeness (QED) is 0.941. The van der Waals surface area contributed by atoms with E-state index in [1.807, 2.05) is 24.1 Å². The van der Waals surface area contributed by atoms with Gasteiger partial charge in [-0.3, -0.25) is 4.79 Å². The third-order valence-electron chi connectivity index (χ3n) is 4.16. The van der Waals surface area contributed by atoms with Crippen molar-refractivity contribution in [2.45, 2.75) is 33.0 Å². The van der Waals surface area contributed by atoms with Crippen molar-refractivity contribution in [3.63, 3.8) is 0 Å². The van der Waals surface area contributed by atoms with Crippen molar-refractivity contribution in [1.29, 1.82) is 0 Å². The molecule has 1 aliphatic heterocycles. The number of nitrogens with one attached hydrogen (secondary N) is 1. The van der Waals surface area contributed by atoms with Gasteiger partial charge in [-0.05, 0) is 49.2 Å². The number of carbonyl (C=O) groups excluding carboxylic acids is 1. The van der Waals surface area contributed by atoms with Crippen LogP contribution in [-0.2, 0) is 13.1 Å². The van der Waals surface area contributed by atoms with E-state index >= 15 is 0 Å². The summed E-state index contributed by atoms with van der Waals surface area (Å²) in [6.45, 7) is 5.94. The molecule has 1 atom stereocenters. The van der Waals surface area contributed by atoms with Gasteiger partial charge in [0.05, 0.1) is 6.04 Å². The maximum absolute atomic E-state index is 12.7. The Morgan fingerprint density at radius 3 is 2.71 bits per heavy atom. The maximum Gasteiger partial charge on any atom is 0.254 e. The molecule has 4 heteroatoms. The Labute approximate surface area is 129 Å². The Morgan fingerprint density at radius 2 is 2.00 bits per heavy atom. The molecule has 110 valence electrons. The summed E-state index contributed by atoms with van der Waals surface area (Å²) in [4.78, 5) is 17.0. The van der Waals surface area contributed by atoms with Crippen LogP contribution in [0.1, 0.15) is 44.2 Å². The molecule has 0 bridgehead atoms. The summed E-state index contributed by atoms with van der Waals surface area (Å²) < 4.78 is 0. The van der Waals surface area contributed by atoms with Gasteiger partial charge in [0.2, 0.25) is 0 Å². The van der Waals surface area contributed by atoms with Gasteiger partial charge in [0.1, 0.15) is 0 Å². The Bertz CT molecular complexity index is 677. The van der Waals surface area contributed by atoms with Crippen LogP contribution in [0.4, 0.5) is 0 Å². The highest BCUT2D eigenvalue weighted by Crippen LogP contribution is 2.28. The molecule has 1 aliphatic rings. The van der Waals surface area contributed by atoms with Crippen molar-refractivity contribution < 1.29 is 4.79 Å². The van der Waals surface area contributed by atoms with Gasteiger partial charge in [-0.1, -0.05) is 6.07 Å². The second kappa shape index (κ2) is 5.62. The molecule has 2 aromatic rings. The summed E-state index contributed by atoms with van der Waals surface area (Å²) in [7, 11) is 1.88. The molecule has 0 radical (unpaired) electrons. The summed E-state index contributed by atoms with van der Waals surface area (Å²) >= 11 is 1.75. The number of aryl methyl sites for hydroxylation is 1. The van der Waals surface area contributed by atoms with Gasteiger partial charge in [0.15, 0.2) is 0 Å². The van der Waals surface area contributed by atoms with E-state index in [1.165, 1.54) is 20.9 Å². The maximum atomic E-state index is 12.7. The molecule has 3 nitrogen and oxygen atoms in total. The molecular formula is C17H20N2OS. The first-order valence-electron chi connectivity index (χ1n) is 7.22. The van der Waals surface area contributed by atoms with E-state index in [9.17, 15) is 4.79 Å². The zero-order chi connectivity index (χ0) is 15.0. The zero-order valence-electron chi connectivity index (χ0n) is 12.6. The second-order valence-corrected chi connectivity index (χ2v) is 6.95. The van der Waals surface area contributed by atoms with Crippen LogP contribution in [0.15, 0.2) is 30.3 Å². The van der Waals surface area contributed by atoms with Crippen LogP contribution in [0.25, 0.3) is 0 Å². The van der Waals surface area contributed by atoms with E-state index in [0.29, 0.717) is 0 Å². The predicted octanol–water partition coefficient (Wildman–Crippen LogP) is 3.49. The third-order valence-corrected chi connectivity index (χ3v) is 5.33. The fourth-order valence-corrected chi connectivity index (χ4v) is 3.65. The molecule has 1 aromatic carbocycles. The summed E-state index contributed by atoms with van der Waals surface area (Å²) in [6, 6.07) is 10.4. The van der Waals surface area contributed by atoms with Crippen LogP contribution < -0.4 is 5.32 Å². The molecule has 1 N–H and O–H groups in total. The summed E-state index contributed by atoms with van der Waals surface area (Å²) in [5, 5.41) is 3.31. The number of rotatable bonds is 3. The highest BCUT2D eigenvalue weighted by molar-refractivity contribution is 7.12. The highest BCUT2D eigenvalue weighted by atomic mass is 32.1. The molecular weight excluding hydrogens is 280 g/mol. The van der Waals surface area contributed by atoms with Crippen molar-refractivity contribution in [2.75, 3.05) is 7.05 Å². The molecule has 0 fully saturated rings. The van der Waals surface area contributed by atoms with E-state index in [1.54, 1.807) is 11.3 Å². The number of benzene rings is 1. The number of hydrogen-bond acceptors (Lipinski definition) is 3. The third kappa shape index (κ3) is 2.74. The van der Waals surface area contributed by atoms with E-state index in [-0.39, 0.29) is 11.9 Å². The SMILES string of the molecule is Cc1ccc(C(C)N(C)C(=O)c2ccc3c(c2)CNC3)s1. The Hall–Kier alpha value is -1.65. The second-order valence-electron chi connectivity index (χ2n) is 5.63. The topological polar surface area (TPSA) is 32.3 Å². The number of amides is 1. The average molecular weight is 300 g/mol. The van der Waals surface area contributed by atoms with Crippen LogP contribution in [0.2, 0.25) is 0 Å². The van der Waals surface area contributed by atoms with Gasteiger partial charge < -0.3 is 10.2 Å². The monoisotopic (exact) mass is 300 g/mol. The van der Waals surface area contributed by atoms with Gasteiger partial charge in [-0.2, -0.15) is 0 Å². The Morgan fingerprint density at radius 1 is 1.24 bits per heavy atom. The largest absolute Gasteiger partial charge is 0.334 e. The first-order chi connectivity index (χ1) is 10.1. The number of nitrogens with zero attached hydrogens (tertiary/aromatic N) is 1. The van der Waals surface area contributed by atoms with Crippen LogP contribution in [0, 0.1) is 6.92 Å². The fourth-order valence-electron chi connectivity index (χ4n) is 2.68. The first-order valence-corrected chi connectivity index (χ1v) is 8.04. The van der Waals surface area contributed by atoms with Crippen molar-refractivity contribution in [2.24, 2.45) is 0 Å². The molecule has 3 rings (SSSR count). The molecule has 1 aromatic heterocycles. The molecule has 0 saturated heterocycles. The molecule has 0 saturated carbocycles. The smallest absolute Gasteiger partial charge is 0.254 e. The summed E-state index contributed by atoms with van der Waals surface area (Å²) in [5.41, 5.74) is 3.32. The van der Waals surface area contributed by atoms with Gasteiger partial charge >= 0.3 is 0 Å². The molecule has 0 spiro atoms. The lowest BCUT2D eigenvalue weighted by atomic mass is 10.1. The van der Waals surface area contributed by atoms with Gasteiger partial charge in [0.25, 0.3) is 5.91 Å². The lowest BCUT2D eigenvalue weighted by Crippen LogP contribution is -2.29. The summed E-state index contributed by atoms with van der Waals surface area (Å²) in [5.74, 6) is 0.0863. The lowest BCUT2D eigenvalue weighted by molar-refractivity contribution is 0.0745. The number of thiophene rings is 1. The highest BCUT2D eigenvalue weighted by Gasteiger charge is 2.21. The Balaban J connectivity index is 1.81. The number of fused-ring (bicyclic) bond motifs is 1. The molecule has 2 heterocycles. The van der Waals surface area contributed by atoms with E-state index < -0.39 is 0 Å². The fraction of sp³-hybridized carbons (Fsp3) is 0.353. The van der Waals surface area contributed by atoms with E-state index in [4.69, 9.17) is 0 Å². The standard InChI is InChI=1S/C17H20N2OS/c1-11-4-7-16(21-11)12(2)19(3)17(20)13-5-6-14-9-18-10-15(14)8-13/h4-8,12,18H,9-10H2,1-3H3. The minimum Gasteiger partial charge on any atom is -0.334 e. The lowest BCUT2D eigenvalue weighted by Gasteiger charge is -2.24. The minimum absolute atomic E-state index is 0.0863. The van der Waals surface area contributed by atoms with Crippen LogP contribution in [0.3, 0.4) is 0 Å². The van der Waals surface area contributed by atoms with Gasteiger partial charge in [-0.15, -0.1) is 11.3 Å². The summed E-state index contributed by atoms with van der Waals surface area (Å²) in [6.07, 6.45) is 0. The molecule has 0 aliphatic carbocycles. The first kappa shape index (κ1) is 14.3. The van der Waals surface area contributed by atoms with E-state index in [2.05, 4.69) is 37.4 Å². The van der Waals surface area contributed by atoms with E-state index in [0.717, 1.165) is 18.7 Å². The van der Waals surface area contributed by atoms with Gasteiger partial charge in [-0.25, -0.2) is 0 Å².